The van der Waals surface area contributed by atoms with E-state index >= 15 is 0 Å². The number of benzene rings is 1. The lowest BCUT2D eigenvalue weighted by Gasteiger charge is -2.17. The highest BCUT2D eigenvalue weighted by atomic mass is 35.5. The van der Waals surface area contributed by atoms with Crippen LogP contribution in [-0.2, 0) is 9.53 Å². The van der Waals surface area contributed by atoms with Gasteiger partial charge in [0.25, 0.3) is 5.91 Å². The summed E-state index contributed by atoms with van der Waals surface area (Å²) in [7, 11) is 1.26. The molecule has 1 amide bonds. The molecule has 2 aromatic rings. The van der Waals surface area contributed by atoms with Crippen LogP contribution in [0, 0.1) is 10.1 Å². The Kier molecular flexibility index (Phi) is 5.88. The summed E-state index contributed by atoms with van der Waals surface area (Å²) in [5.74, 6) is -0.996. The summed E-state index contributed by atoms with van der Waals surface area (Å²) in [5, 5.41) is 13.8. The number of nitrogens with zero attached hydrogens (tertiary/aromatic N) is 1. The molecule has 0 aliphatic heterocycles. The lowest BCUT2D eigenvalue weighted by Crippen LogP contribution is -2.30. The second-order valence-corrected chi connectivity index (χ2v) is 6.25. The van der Waals surface area contributed by atoms with Gasteiger partial charge in [-0.2, -0.15) is 0 Å². The van der Waals surface area contributed by atoms with Gasteiger partial charge in [0.2, 0.25) is 0 Å². The molecule has 1 atom stereocenters. The average Bonchev–Trinajstić information content (AvgIpc) is 3.05. The average molecular weight is 369 g/mol. The maximum Gasteiger partial charge on any atom is 0.324 e. The summed E-state index contributed by atoms with van der Waals surface area (Å²) in [6.45, 7) is 0. The Balaban J connectivity index is 2.20. The van der Waals surface area contributed by atoms with Crippen LogP contribution in [0.3, 0.4) is 0 Å². The third-order valence-corrected chi connectivity index (χ3v) is 4.46. The number of carbonyl (C=O) groups excluding carboxylic acids is 2. The molecule has 0 spiro atoms. The smallest absolute Gasteiger partial charge is 0.324 e. The number of thiophene rings is 1. The molecular formula is C15H13ClN2O5S. The largest absolute Gasteiger partial charge is 0.469 e. The molecule has 1 heterocycles. The van der Waals surface area contributed by atoms with E-state index in [0.717, 1.165) is 11.3 Å². The molecule has 0 saturated carbocycles. The van der Waals surface area contributed by atoms with Crippen LogP contribution >= 0.6 is 22.9 Å². The summed E-state index contributed by atoms with van der Waals surface area (Å²) in [4.78, 5) is 34.2. The van der Waals surface area contributed by atoms with E-state index in [0.29, 0.717) is 10.6 Å². The van der Waals surface area contributed by atoms with E-state index in [1.807, 2.05) is 0 Å². The molecule has 9 heteroatoms. The Hall–Kier alpha value is -2.45. The minimum atomic E-state index is -0.636. The zero-order valence-electron chi connectivity index (χ0n) is 12.5. The first kappa shape index (κ1) is 17.9. The molecule has 1 N–H and O–H groups in total. The Morgan fingerprint density at radius 3 is 2.50 bits per heavy atom. The van der Waals surface area contributed by atoms with E-state index in [2.05, 4.69) is 10.1 Å². The number of nitrogens with one attached hydrogen (secondary N) is 1. The standard InChI is InChI=1S/C15H13ClN2O5S/c1-23-14(19)8-11(9-2-4-10(16)5-3-9)17-15(20)12-6-7-13(24-12)18(21)22/h2-7,11H,8H2,1H3,(H,17,20). The number of esters is 1. The van der Waals surface area contributed by atoms with Gasteiger partial charge in [0, 0.05) is 11.1 Å². The zero-order valence-corrected chi connectivity index (χ0v) is 14.1. The molecule has 7 nitrogen and oxygen atoms in total. The van der Waals surface area contributed by atoms with E-state index in [1.165, 1.54) is 19.2 Å². The summed E-state index contributed by atoms with van der Waals surface area (Å²) in [5.41, 5.74) is 0.671. The van der Waals surface area contributed by atoms with Gasteiger partial charge in [-0.3, -0.25) is 19.7 Å². The fraction of sp³-hybridized carbons (Fsp3) is 0.200. The lowest BCUT2D eigenvalue weighted by atomic mass is 10.0. The van der Waals surface area contributed by atoms with E-state index in [9.17, 15) is 19.7 Å². The van der Waals surface area contributed by atoms with Crippen LogP contribution in [0.4, 0.5) is 5.00 Å². The van der Waals surface area contributed by atoms with Crippen molar-refractivity contribution in [1.29, 1.82) is 0 Å². The molecule has 1 unspecified atom stereocenters. The molecule has 126 valence electrons. The topological polar surface area (TPSA) is 98.5 Å². The zero-order chi connectivity index (χ0) is 17.7. The lowest BCUT2D eigenvalue weighted by molar-refractivity contribution is -0.380. The van der Waals surface area contributed by atoms with Gasteiger partial charge in [-0.25, -0.2) is 0 Å². The third-order valence-electron chi connectivity index (χ3n) is 3.17. The van der Waals surface area contributed by atoms with Gasteiger partial charge in [0.15, 0.2) is 0 Å². The van der Waals surface area contributed by atoms with Crippen molar-refractivity contribution in [2.75, 3.05) is 7.11 Å². The molecule has 1 aromatic carbocycles. The van der Waals surface area contributed by atoms with Crippen LogP contribution in [0.25, 0.3) is 0 Å². The molecule has 0 saturated heterocycles. The van der Waals surface area contributed by atoms with Crippen molar-refractivity contribution >= 4 is 39.8 Å². The Bertz CT molecular complexity index is 759. The van der Waals surface area contributed by atoms with Gasteiger partial charge in [0.1, 0.15) is 0 Å². The van der Waals surface area contributed by atoms with E-state index in [4.69, 9.17) is 11.6 Å². The van der Waals surface area contributed by atoms with Crippen LogP contribution in [0.2, 0.25) is 5.02 Å². The van der Waals surface area contributed by atoms with E-state index in [1.54, 1.807) is 24.3 Å². The van der Waals surface area contributed by atoms with Crippen molar-refractivity contribution in [2.45, 2.75) is 12.5 Å². The number of hydrogen-bond acceptors (Lipinski definition) is 6. The fourth-order valence-electron chi connectivity index (χ4n) is 1.97. The predicted molar refractivity (Wildman–Crippen MR) is 89.3 cm³/mol. The van der Waals surface area contributed by atoms with Crippen LogP contribution in [0.5, 0.6) is 0 Å². The minimum Gasteiger partial charge on any atom is -0.469 e. The number of rotatable bonds is 6. The van der Waals surface area contributed by atoms with Gasteiger partial charge >= 0.3 is 11.0 Å². The van der Waals surface area contributed by atoms with Gasteiger partial charge in [-0.15, -0.1) is 0 Å². The van der Waals surface area contributed by atoms with Crippen LogP contribution in [0.15, 0.2) is 36.4 Å². The van der Waals surface area contributed by atoms with Crippen molar-refractivity contribution < 1.29 is 19.2 Å². The quantitative estimate of drug-likeness (QED) is 0.479. The van der Waals surface area contributed by atoms with Gasteiger partial charge in [0.05, 0.1) is 29.4 Å². The Labute approximate surface area is 146 Å². The maximum atomic E-state index is 12.3. The maximum absolute atomic E-state index is 12.3. The molecule has 0 aliphatic carbocycles. The van der Waals surface area contributed by atoms with Gasteiger partial charge in [-0.05, 0) is 23.8 Å². The van der Waals surface area contributed by atoms with Gasteiger partial charge in [-0.1, -0.05) is 35.1 Å². The van der Waals surface area contributed by atoms with E-state index in [-0.39, 0.29) is 16.3 Å². The number of ether oxygens (including phenoxy) is 1. The first-order chi connectivity index (χ1) is 11.4. The first-order valence-electron chi connectivity index (χ1n) is 6.78. The molecule has 24 heavy (non-hydrogen) atoms. The van der Waals surface area contributed by atoms with Crippen LogP contribution < -0.4 is 5.32 Å². The Morgan fingerprint density at radius 1 is 1.29 bits per heavy atom. The molecule has 0 aliphatic rings. The Morgan fingerprint density at radius 2 is 1.96 bits per heavy atom. The molecular weight excluding hydrogens is 356 g/mol. The highest BCUT2D eigenvalue weighted by molar-refractivity contribution is 7.17. The SMILES string of the molecule is COC(=O)CC(NC(=O)c1ccc([N+](=O)[O-])s1)c1ccc(Cl)cc1. The summed E-state index contributed by atoms with van der Waals surface area (Å²) < 4.78 is 4.65. The second-order valence-electron chi connectivity index (χ2n) is 4.75. The second kappa shape index (κ2) is 7.89. The number of methoxy groups -OCH3 is 1. The third kappa shape index (κ3) is 4.53. The predicted octanol–water partition coefficient (Wildman–Crippen LogP) is 3.34. The normalized spacial score (nSPS) is 11.6. The van der Waals surface area contributed by atoms with Gasteiger partial charge < -0.3 is 10.1 Å². The van der Waals surface area contributed by atoms with Crippen molar-refractivity contribution in [3.05, 3.63) is 62.0 Å². The molecule has 2 rings (SSSR count). The van der Waals surface area contributed by atoms with E-state index < -0.39 is 22.8 Å². The number of halogens is 1. The van der Waals surface area contributed by atoms with Crippen LogP contribution in [-0.4, -0.2) is 23.9 Å². The number of hydrogen-bond donors (Lipinski definition) is 1. The van der Waals surface area contributed by atoms with Crippen molar-refractivity contribution in [1.82, 2.24) is 5.32 Å². The van der Waals surface area contributed by atoms with Crippen LogP contribution in [0.1, 0.15) is 27.7 Å². The molecule has 0 radical (unpaired) electrons. The van der Waals surface area contributed by atoms with Crippen molar-refractivity contribution in [3.63, 3.8) is 0 Å². The molecule has 1 aromatic heterocycles. The molecule has 0 bridgehead atoms. The van der Waals surface area contributed by atoms with Crippen molar-refractivity contribution in [2.24, 2.45) is 0 Å². The summed E-state index contributed by atoms with van der Waals surface area (Å²) in [6, 6.07) is 8.66. The number of nitro groups is 1. The summed E-state index contributed by atoms with van der Waals surface area (Å²) in [6.07, 6.45) is -0.0721. The monoisotopic (exact) mass is 368 g/mol. The highest BCUT2D eigenvalue weighted by Gasteiger charge is 2.22. The minimum absolute atomic E-state index is 0.0721. The summed E-state index contributed by atoms with van der Waals surface area (Å²) >= 11 is 6.61. The first-order valence-corrected chi connectivity index (χ1v) is 7.97. The number of amides is 1. The van der Waals surface area contributed by atoms with Crippen molar-refractivity contribution in [3.8, 4) is 0 Å². The number of carbonyl (C=O) groups is 2. The fourth-order valence-corrected chi connectivity index (χ4v) is 2.82. The highest BCUT2D eigenvalue weighted by Crippen LogP contribution is 2.26. The molecule has 0 fully saturated rings.